The summed E-state index contributed by atoms with van der Waals surface area (Å²) in [4.78, 5) is 0. The van der Waals surface area contributed by atoms with Crippen molar-refractivity contribution < 1.29 is 9.15 Å². The van der Waals surface area contributed by atoms with Gasteiger partial charge >= 0.3 is 0 Å². The van der Waals surface area contributed by atoms with E-state index in [9.17, 15) is 0 Å². The topological polar surface area (TPSA) is 68.3 Å². The summed E-state index contributed by atoms with van der Waals surface area (Å²) in [6, 6.07) is 11.6. The van der Waals surface area contributed by atoms with Crippen molar-refractivity contribution >= 4 is 18.4 Å². The van der Waals surface area contributed by atoms with Crippen molar-refractivity contribution in [1.82, 2.24) is 14.9 Å². The summed E-state index contributed by atoms with van der Waals surface area (Å²) < 4.78 is 13.3. The summed E-state index contributed by atoms with van der Waals surface area (Å²) >= 11 is 5.30. The lowest BCUT2D eigenvalue weighted by Gasteiger charge is -2.04. The lowest BCUT2D eigenvalue weighted by atomic mass is 10.2. The van der Waals surface area contributed by atoms with Crippen molar-refractivity contribution in [3.05, 3.63) is 52.7 Å². The van der Waals surface area contributed by atoms with Gasteiger partial charge in [0, 0.05) is 11.5 Å². The van der Waals surface area contributed by atoms with Crippen LogP contribution in [0.3, 0.4) is 0 Å². The van der Waals surface area contributed by atoms with Crippen LogP contribution in [0.1, 0.15) is 37.7 Å². The molecule has 134 valence electrons. The summed E-state index contributed by atoms with van der Waals surface area (Å²) in [5.41, 5.74) is 0.893. The summed E-state index contributed by atoms with van der Waals surface area (Å²) in [6.07, 6.45) is 2.86. The second kappa shape index (κ2) is 6.92. The van der Waals surface area contributed by atoms with Crippen LogP contribution in [0.15, 0.2) is 45.9 Å². The molecule has 1 N–H and O–H groups in total. The third-order valence-corrected chi connectivity index (χ3v) is 4.76. The minimum atomic E-state index is 0.424. The molecule has 26 heavy (non-hydrogen) atoms. The van der Waals surface area contributed by atoms with Crippen molar-refractivity contribution in [3.63, 3.8) is 0 Å². The number of rotatable bonds is 6. The van der Waals surface area contributed by atoms with Crippen LogP contribution in [0.4, 0.5) is 0 Å². The number of nitrogens with one attached hydrogen (secondary N) is 1. The molecule has 0 aliphatic heterocycles. The van der Waals surface area contributed by atoms with E-state index in [0.29, 0.717) is 34.8 Å². The summed E-state index contributed by atoms with van der Waals surface area (Å²) in [5, 5.41) is 11.5. The maximum atomic E-state index is 5.86. The Bertz CT molecular complexity index is 984. The van der Waals surface area contributed by atoms with Crippen LogP contribution in [0.25, 0.3) is 11.4 Å². The SMILES string of the molecule is CCOc1ccc(-c2n[nH]c(=S)n2/N=C\c2ccc([C@@H]3C[C@H]3C)o2)cc1. The fourth-order valence-corrected chi connectivity index (χ4v) is 3.10. The lowest BCUT2D eigenvalue weighted by molar-refractivity contribution is 0.340. The van der Waals surface area contributed by atoms with E-state index in [0.717, 1.165) is 17.1 Å². The molecule has 0 saturated heterocycles. The molecule has 1 aliphatic carbocycles. The predicted octanol–water partition coefficient (Wildman–Crippen LogP) is 4.60. The fraction of sp³-hybridized carbons (Fsp3) is 0.316. The van der Waals surface area contributed by atoms with Gasteiger partial charge in [-0.3, -0.25) is 0 Å². The van der Waals surface area contributed by atoms with Gasteiger partial charge < -0.3 is 9.15 Å². The van der Waals surface area contributed by atoms with Crippen LogP contribution in [0.5, 0.6) is 5.75 Å². The Morgan fingerprint density at radius 3 is 2.81 bits per heavy atom. The highest BCUT2D eigenvalue weighted by Gasteiger charge is 2.36. The first-order valence-electron chi connectivity index (χ1n) is 8.70. The van der Waals surface area contributed by atoms with Gasteiger partial charge in [0.1, 0.15) is 17.3 Å². The van der Waals surface area contributed by atoms with Crippen LogP contribution in [0.2, 0.25) is 0 Å². The van der Waals surface area contributed by atoms with Crippen molar-refractivity contribution in [2.24, 2.45) is 11.0 Å². The first-order chi connectivity index (χ1) is 12.7. The van der Waals surface area contributed by atoms with E-state index in [-0.39, 0.29) is 0 Å². The second-order valence-electron chi connectivity index (χ2n) is 6.43. The molecule has 0 bridgehead atoms. The van der Waals surface area contributed by atoms with Crippen LogP contribution >= 0.6 is 12.2 Å². The first kappa shape index (κ1) is 16.8. The summed E-state index contributed by atoms with van der Waals surface area (Å²) in [7, 11) is 0. The maximum absolute atomic E-state index is 5.86. The molecule has 7 heteroatoms. The van der Waals surface area contributed by atoms with Crippen LogP contribution < -0.4 is 4.74 Å². The number of furan rings is 1. The van der Waals surface area contributed by atoms with E-state index in [1.54, 1.807) is 10.9 Å². The molecule has 1 aromatic carbocycles. The normalized spacial score (nSPS) is 19.2. The lowest BCUT2D eigenvalue weighted by Crippen LogP contribution is -1.95. The van der Waals surface area contributed by atoms with Crippen LogP contribution in [-0.4, -0.2) is 27.7 Å². The minimum Gasteiger partial charge on any atom is -0.494 e. The number of hydrogen-bond donors (Lipinski definition) is 1. The Balaban J connectivity index is 1.58. The van der Waals surface area contributed by atoms with E-state index < -0.39 is 0 Å². The molecular weight excluding hydrogens is 348 g/mol. The fourth-order valence-electron chi connectivity index (χ4n) is 2.92. The maximum Gasteiger partial charge on any atom is 0.216 e. The van der Waals surface area contributed by atoms with Crippen molar-refractivity contribution in [1.29, 1.82) is 0 Å². The predicted molar refractivity (Wildman–Crippen MR) is 102 cm³/mol. The van der Waals surface area contributed by atoms with E-state index in [2.05, 4.69) is 22.2 Å². The number of H-pyrrole nitrogens is 1. The number of aromatic amines is 1. The number of benzene rings is 1. The molecule has 2 atom stereocenters. The molecule has 0 radical (unpaired) electrons. The molecule has 1 fully saturated rings. The molecule has 0 amide bonds. The largest absolute Gasteiger partial charge is 0.494 e. The van der Waals surface area contributed by atoms with Gasteiger partial charge in [-0.15, -0.1) is 0 Å². The van der Waals surface area contributed by atoms with Crippen LogP contribution in [0, 0.1) is 10.7 Å². The van der Waals surface area contributed by atoms with Crippen molar-refractivity contribution in [2.45, 2.75) is 26.2 Å². The van der Waals surface area contributed by atoms with Gasteiger partial charge in [0.2, 0.25) is 4.77 Å². The third-order valence-electron chi connectivity index (χ3n) is 4.50. The molecule has 2 heterocycles. The number of aromatic nitrogens is 3. The van der Waals surface area contributed by atoms with Crippen LogP contribution in [-0.2, 0) is 0 Å². The zero-order valence-electron chi connectivity index (χ0n) is 14.7. The summed E-state index contributed by atoms with van der Waals surface area (Å²) in [6.45, 7) is 4.82. The molecule has 1 aliphatic rings. The molecule has 0 spiro atoms. The Morgan fingerprint density at radius 2 is 2.12 bits per heavy atom. The van der Waals surface area contributed by atoms with Gasteiger partial charge in [-0.25, -0.2) is 5.10 Å². The quantitative estimate of drug-likeness (QED) is 0.510. The van der Waals surface area contributed by atoms with Gasteiger partial charge in [-0.1, -0.05) is 6.92 Å². The first-order valence-corrected chi connectivity index (χ1v) is 9.11. The molecule has 1 saturated carbocycles. The molecule has 2 aromatic heterocycles. The van der Waals surface area contributed by atoms with Gasteiger partial charge in [0.05, 0.1) is 12.8 Å². The third kappa shape index (κ3) is 3.35. The highest BCUT2D eigenvalue weighted by Crippen LogP contribution is 2.47. The van der Waals surface area contributed by atoms with Crippen molar-refractivity contribution in [3.8, 4) is 17.1 Å². The van der Waals surface area contributed by atoms with E-state index in [1.807, 2.05) is 43.3 Å². The summed E-state index contributed by atoms with van der Waals surface area (Å²) in [5.74, 6) is 4.45. The zero-order chi connectivity index (χ0) is 18.1. The smallest absolute Gasteiger partial charge is 0.216 e. The van der Waals surface area contributed by atoms with Crippen molar-refractivity contribution in [2.75, 3.05) is 6.61 Å². The standard InChI is InChI=1S/C19H20N4O2S/c1-3-24-14-6-4-13(5-7-14)18-21-22-19(26)23(18)20-11-15-8-9-17(25-15)16-10-12(16)2/h4-9,11-12,16H,3,10H2,1-2H3,(H,22,26)/b20-11-/t12-,16-/m1/s1. The number of hydrogen-bond acceptors (Lipinski definition) is 5. The van der Waals surface area contributed by atoms with Gasteiger partial charge in [-0.05, 0) is 67.9 Å². The van der Waals surface area contributed by atoms with Gasteiger partial charge in [-0.2, -0.15) is 14.9 Å². The van der Waals surface area contributed by atoms with E-state index in [1.165, 1.54) is 6.42 Å². The van der Waals surface area contributed by atoms with E-state index in [4.69, 9.17) is 21.4 Å². The van der Waals surface area contributed by atoms with Gasteiger partial charge in [0.25, 0.3) is 0 Å². The Hall–Kier alpha value is -2.67. The molecule has 3 aromatic rings. The molecular formula is C19H20N4O2S. The highest BCUT2D eigenvalue weighted by molar-refractivity contribution is 7.71. The zero-order valence-corrected chi connectivity index (χ0v) is 15.5. The molecule has 4 rings (SSSR count). The second-order valence-corrected chi connectivity index (χ2v) is 6.81. The Labute approximate surface area is 156 Å². The number of nitrogens with zero attached hydrogens (tertiary/aromatic N) is 3. The molecule has 6 nitrogen and oxygen atoms in total. The molecule has 0 unspecified atom stereocenters. The Morgan fingerprint density at radius 1 is 1.35 bits per heavy atom. The monoisotopic (exact) mass is 368 g/mol. The van der Waals surface area contributed by atoms with Gasteiger partial charge in [0.15, 0.2) is 5.82 Å². The Kier molecular flexibility index (Phi) is 4.46. The average Bonchev–Trinajstić information content (AvgIpc) is 3.04. The highest BCUT2D eigenvalue weighted by atomic mass is 32.1. The number of ether oxygens (including phenoxy) is 1. The average molecular weight is 368 g/mol. The van der Waals surface area contributed by atoms with E-state index >= 15 is 0 Å². The minimum absolute atomic E-state index is 0.424.